The molecule has 2 aromatic rings. The summed E-state index contributed by atoms with van der Waals surface area (Å²) in [5, 5.41) is 7.51. The summed E-state index contributed by atoms with van der Waals surface area (Å²) in [5.41, 5.74) is 2.72. The highest BCUT2D eigenvalue weighted by Gasteiger charge is 2.13. The average Bonchev–Trinajstić information content (AvgIpc) is 2.93. The van der Waals surface area contributed by atoms with E-state index in [-0.39, 0.29) is 17.7 Å². The van der Waals surface area contributed by atoms with Gasteiger partial charge in [-0.25, -0.2) is 4.98 Å². The van der Waals surface area contributed by atoms with Gasteiger partial charge in [0.2, 0.25) is 5.91 Å². The third kappa shape index (κ3) is 4.39. The molecule has 1 heterocycles. The molecule has 0 aliphatic rings. The van der Waals surface area contributed by atoms with E-state index in [2.05, 4.69) is 46.8 Å². The van der Waals surface area contributed by atoms with Gasteiger partial charge in [-0.3, -0.25) is 9.59 Å². The van der Waals surface area contributed by atoms with Crippen molar-refractivity contribution in [2.24, 2.45) is 0 Å². The number of thiazole rings is 1. The van der Waals surface area contributed by atoms with Crippen LogP contribution in [-0.4, -0.2) is 23.3 Å². The van der Waals surface area contributed by atoms with Crippen LogP contribution < -0.4 is 10.6 Å². The van der Waals surface area contributed by atoms with Crippen molar-refractivity contribution >= 4 is 28.3 Å². The molecule has 2 N–H and O–H groups in total. The zero-order chi connectivity index (χ0) is 16.1. The van der Waals surface area contributed by atoms with E-state index in [9.17, 15) is 9.59 Å². The minimum absolute atomic E-state index is 0.200. The van der Waals surface area contributed by atoms with Crippen molar-refractivity contribution in [3.8, 4) is 0 Å². The number of benzene rings is 1. The van der Waals surface area contributed by atoms with Gasteiger partial charge >= 0.3 is 0 Å². The predicted octanol–water partition coefficient (Wildman–Crippen LogP) is 2.94. The molecule has 0 saturated carbocycles. The first kappa shape index (κ1) is 16.2. The number of hydrogen-bond acceptors (Lipinski definition) is 4. The van der Waals surface area contributed by atoms with Gasteiger partial charge in [0.15, 0.2) is 5.13 Å². The summed E-state index contributed by atoms with van der Waals surface area (Å²) in [7, 11) is 0. The third-order valence-electron chi connectivity index (χ3n) is 3.23. The quantitative estimate of drug-likeness (QED) is 0.890. The average molecular weight is 317 g/mol. The first-order valence-electron chi connectivity index (χ1n) is 7.03. The van der Waals surface area contributed by atoms with Crippen molar-refractivity contribution in [1.29, 1.82) is 0 Å². The van der Waals surface area contributed by atoms with E-state index in [0.29, 0.717) is 17.4 Å². The number of anilines is 1. The van der Waals surface area contributed by atoms with Gasteiger partial charge in [-0.2, -0.15) is 0 Å². The third-order valence-corrected chi connectivity index (χ3v) is 3.99. The van der Waals surface area contributed by atoms with Crippen LogP contribution in [0.3, 0.4) is 0 Å². The maximum absolute atomic E-state index is 12.1. The van der Waals surface area contributed by atoms with Crippen LogP contribution >= 0.6 is 11.3 Å². The summed E-state index contributed by atoms with van der Waals surface area (Å²) < 4.78 is 0. The molecule has 1 aromatic carbocycles. The number of nitrogens with zero attached hydrogens (tertiary/aromatic N) is 1. The van der Waals surface area contributed by atoms with Gasteiger partial charge < -0.3 is 10.6 Å². The molecule has 0 bridgehead atoms. The lowest BCUT2D eigenvalue weighted by molar-refractivity contribution is -0.114. The minimum Gasteiger partial charge on any atom is -0.350 e. The van der Waals surface area contributed by atoms with Crippen molar-refractivity contribution < 1.29 is 9.59 Å². The van der Waals surface area contributed by atoms with Crippen LogP contribution in [0.2, 0.25) is 0 Å². The predicted molar refractivity (Wildman–Crippen MR) is 88.3 cm³/mol. The Kier molecular flexibility index (Phi) is 5.27. The molecule has 6 heteroatoms. The molecule has 0 aliphatic carbocycles. The van der Waals surface area contributed by atoms with Crippen molar-refractivity contribution in [2.45, 2.75) is 26.7 Å². The van der Waals surface area contributed by atoms with Crippen LogP contribution in [0.1, 0.15) is 41.4 Å². The smallest absolute Gasteiger partial charge is 0.270 e. The summed E-state index contributed by atoms with van der Waals surface area (Å²) in [6.45, 7) is 6.05. The highest BCUT2D eigenvalue weighted by atomic mass is 32.1. The molecule has 0 aliphatic heterocycles. The number of amides is 2. The molecule has 1 atom stereocenters. The van der Waals surface area contributed by atoms with E-state index in [4.69, 9.17) is 0 Å². The molecule has 2 rings (SSSR count). The Morgan fingerprint density at radius 3 is 2.59 bits per heavy atom. The Bertz CT molecular complexity index is 664. The number of aryl methyl sites for hydroxylation is 1. The molecule has 0 unspecified atom stereocenters. The topological polar surface area (TPSA) is 71.1 Å². The standard InChI is InChI=1S/C16H19N3O2S/c1-10-4-6-13(7-5-10)11(2)8-17-15(21)14-9-22-16(19-14)18-12(3)20/h4-7,9,11H,8H2,1-3H3,(H,17,21)(H,18,19,20)/t11-/m1/s1. The number of nitrogens with one attached hydrogen (secondary N) is 2. The number of carbonyl (C=O) groups is 2. The monoisotopic (exact) mass is 317 g/mol. The van der Waals surface area contributed by atoms with Gasteiger partial charge in [-0.1, -0.05) is 36.8 Å². The van der Waals surface area contributed by atoms with Crippen LogP contribution in [0.15, 0.2) is 29.6 Å². The van der Waals surface area contributed by atoms with Crippen molar-refractivity contribution in [2.75, 3.05) is 11.9 Å². The second kappa shape index (κ2) is 7.17. The first-order chi connectivity index (χ1) is 10.5. The molecule has 2 amide bonds. The van der Waals surface area contributed by atoms with E-state index in [1.54, 1.807) is 5.38 Å². The largest absolute Gasteiger partial charge is 0.350 e. The Hall–Kier alpha value is -2.21. The fourth-order valence-electron chi connectivity index (χ4n) is 1.94. The van der Waals surface area contributed by atoms with Gasteiger partial charge in [0, 0.05) is 18.8 Å². The normalized spacial score (nSPS) is 11.8. The van der Waals surface area contributed by atoms with Crippen LogP contribution in [0.5, 0.6) is 0 Å². The minimum atomic E-state index is -0.230. The van der Waals surface area contributed by atoms with Crippen molar-refractivity contribution in [1.82, 2.24) is 10.3 Å². The zero-order valence-electron chi connectivity index (χ0n) is 12.8. The van der Waals surface area contributed by atoms with Gasteiger partial charge in [0.1, 0.15) is 5.69 Å². The molecule has 0 fully saturated rings. The lowest BCUT2D eigenvalue weighted by Crippen LogP contribution is -2.27. The fourth-order valence-corrected chi connectivity index (χ4v) is 2.67. The molecular formula is C16H19N3O2S. The summed E-state index contributed by atoms with van der Waals surface area (Å²) in [6.07, 6.45) is 0. The summed E-state index contributed by atoms with van der Waals surface area (Å²) in [5.74, 6) is -0.209. The van der Waals surface area contributed by atoms with Crippen LogP contribution in [0, 0.1) is 6.92 Å². The first-order valence-corrected chi connectivity index (χ1v) is 7.91. The van der Waals surface area contributed by atoms with Crippen LogP contribution in [0.4, 0.5) is 5.13 Å². The van der Waals surface area contributed by atoms with Gasteiger partial charge in [0.05, 0.1) is 0 Å². The Morgan fingerprint density at radius 1 is 1.27 bits per heavy atom. The zero-order valence-corrected chi connectivity index (χ0v) is 13.7. The van der Waals surface area contributed by atoms with Crippen molar-refractivity contribution in [3.63, 3.8) is 0 Å². The van der Waals surface area contributed by atoms with E-state index in [1.807, 2.05) is 6.92 Å². The summed E-state index contributed by atoms with van der Waals surface area (Å²) >= 11 is 1.23. The lowest BCUT2D eigenvalue weighted by atomic mass is 10.00. The Morgan fingerprint density at radius 2 is 1.95 bits per heavy atom. The maximum Gasteiger partial charge on any atom is 0.270 e. The number of aromatic nitrogens is 1. The molecule has 0 radical (unpaired) electrons. The molecular weight excluding hydrogens is 298 g/mol. The second-order valence-electron chi connectivity index (χ2n) is 5.24. The molecule has 5 nitrogen and oxygen atoms in total. The van der Waals surface area contributed by atoms with Crippen LogP contribution in [0.25, 0.3) is 0 Å². The number of hydrogen-bond donors (Lipinski definition) is 2. The Balaban J connectivity index is 1.90. The van der Waals surface area contributed by atoms with E-state index in [0.717, 1.165) is 0 Å². The van der Waals surface area contributed by atoms with Crippen molar-refractivity contribution in [3.05, 3.63) is 46.5 Å². The summed E-state index contributed by atoms with van der Waals surface area (Å²) in [4.78, 5) is 27.1. The van der Waals surface area contributed by atoms with Gasteiger partial charge in [-0.15, -0.1) is 11.3 Å². The Labute approximate surface area is 133 Å². The van der Waals surface area contributed by atoms with E-state index >= 15 is 0 Å². The maximum atomic E-state index is 12.1. The summed E-state index contributed by atoms with van der Waals surface area (Å²) in [6, 6.07) is 8.27. The van der Waals surface area contributed by atoms with Crippen LogP contribution in [-0.2, 0) is 4.79 Å². The highest BCUT2D eigenvalue weighted by molar-refractivity contribution is 7.14. The number of carbonyl (C=O) groups excluding carboxylic acids is 2. The lowest BCUT2D eigenvalue weighted by Gasteiger charge is -2.12. The SMILES string of the molecule is CC(=O)Nc1nc(C(=O)NC[C@@H](C)c2ccc(C)cc2)cs1. The van der Waals surface area contributed by atoms with Gasteiger partial charge in [-0.05, 0) is 18.4 Å². The molecule has 116 valence electrons. The molecule has 0 spiro atoms. The van der Waals surface area contributed by atoms with E-state index in [1.165, 1.54) is 29.4 Å². The molecule has 1 aromatic heterocycles. The second-order valence-corrected chi connectivity index (χ2v) is 6.10. The van der Waals surface area contributed by atoms with E-state index < -0.39 is 0 Å². The molecule has 0 saturated heterocycles. The highest BCUT2D eigenvalue weighted by Crippen LogP contribution is 2.17. The molecule has 22 heavy (non-hydrogen) atoms. The number of rotatable bonds is 5. The van der Waals surface area contributed by atoms with Gasteiger partial charge in [0.25, 0.3) is 5.91 Å². The fraction of sp³-hybridized carbons (Fsp3) is 0.312.